The van der Waals surface area contributed by atoms with Gasteiger partial charge < -0.3 is 15.2 Å². The average Bonchev–Trinajstić information content (AvgIpc) is 2.25. The van der Waals surface area contributed by atoms with E-state index in [2.05, 4.69) is 11.9 Å². The molecule has 0 heterocycles. The molecule has 0 aromatic carbocycles. The molecule has 0 rings (SSSR count). The number of hydrogen-bond acceptors (Lipinski definition) is 4. The molecule has 6 heteroatoms. The molecule has 0 aliphatic carbocycles. The monoisotopic (exact) mass is 286 g/mol. The van der Waals surface area contributed by atoms with Crippen LogP contribution in [0.2, 0.25) is 0 Å². The van der Waals surface area contributed by atoms with E-state index >= 15 is 0 Å². The Balaban J connectivity index is 4.51. The summed E-state index contributed by atoms with van der Waals surface area (Å²) in [5, 5.41) is 12.1. The first-order chi connectivity index (χ1) is 9.15. The number of hydrogen-bond donors (Lipinski definition) is 2. The van der Waals surface area contributed by atoms with Gasteiger partial charge in [-0.15, -0.1) is 6.58 Å². The molecule has 0 bridgehead atoms. The predicted molar refractivity (Wildman–Crippen MR) is 77.3 cm³/mol. The SMILES string of the molecule is C=CCCNC(=O)CN(C[C@@H](C)O)C(=O)OC(C)(C)C. The molecule has 2 amide bonds. The van der Waals surface area contributed by atoms with E-state index in [4.69, 9.17) is 4.74 Å². The first-order valence-electron chi connectivity index (χ1n) is 6.69. The van der Waals surface area contributed by atoms with Gasteiger partial charge in [0, 0.05) is 6.54 Å². The molecular weight excluding hydrogens is 260 g/mol. The molecule has 20 heavy (non-hydrogen) atoms. The number of aliphatic hydroxyl groups is 1. The highest BCUT2D eigenvalue weighted by atomic mass is 16.6. The van der Waals surface area contributed by atoms with Crippen LogP contribution in [0, 0.1) is 0 Å². The lowest BCUT2D eigenvalue weighted by atomic mass is 10.2. The summed E-state index contributed by atoms with van der Waals surface area (Å²) in [6.07, 6.45) is 1.01. The van der Waals surface area contributed by atoms with Crippen LogP contribution in [0.15, 0.2) is 12.7 Å². The zero-order valence-corrected chi connectivity index (χ0v) is 12.8. The minimum atomic E-state index is -0.733. The largest absolute Gasteiger partial charge is 0.444 e. The summed E-state index contributed by atoms with van der Waals surface area (Å²) < 4.78 is 5.21. The Kier molecular flexibility index (Phi) is 7.91. The average molecular weight is 286 g/mol. The highest BCUT2D eigenvalue weighted by Crippen LogP contribution is 2.10. The van der Waals surface area contributed by atoms with Crippen molar-refractivity contribution in [3.05, 3.63) is 12.7 Å². The van der Waals surface area contributed by atoms with Crippen LogP contribution in [0.1, 0.15) is 34.1 Å². The molecule has 116 valence electrons. The maximum atomic E-state index is 12.0. The van der Waals surface area contributed by atoms with E-state index in [1.165, 1.54) is 4.90 Å². The quantitative estimate of drug-likeness (QED) is 0.546. The molecule has 0 aromatic rings. The van der Waals surface area contributed by atoms with Crippen molar-refractivity contribution in [1.82, 2.24) is 10.2 Å². The van der Waals surface area contributed by atoms with Crippen LogP contribution in [0.5, 0.6) is 0 Å². The van der Waals surface area contributed by atoms with Crippen LogP contribution in [0.4, 0.5) is 4.79 Å². The third kappa shape index (κ3) is 9.38. The number of rotatable bonds is 7. The van der Waals surface area contributed by atoms with E-state index in [-0.39, 0.29) is 19.0 Å². The summed E-state index contributed by atoms with van der Waals surface area (Å²) in [5.74, 6) is -0.293. The fraction of sp³-hybridized carbons (Fsp3) is 0.714. The zero-order valence-electron chi connectivity index (χ0n) is 12.8. The van der Waals surface area contributed by atoms with Crippen LogP contribution >= 0.6 is 0 Å². The summed E-state index contributed by atoms with van der Waals surface area (Å²) in [4.78, 5) is 24.9. The van der Waals surface area contributed by atoms with Gasteiger partial charge in [0.15, 0.2) is 0 Å². The lowest BCUT2D eigenvalue weighted by Gasteiger charge is -2.27. The molecule has 2 N–H and O–H groups in total. The lowest BCUT2D eigenvalue weighted by molar-refractivity contribution is -0.122. The van der Waals surface area contributed by atoms with Crippen molar-refractivity contribution < 1.29 is 19.4 Å². The van der Waals surface area contributed by atoms with E-state index in [0.717, 1.165) is 0 Å². The minimum absolute atomic E-state index is 0.0454. The van der Waals surface area contributed by atoms with E-state index in [0.29, 0.717) is 13.0 Å². The number of carbonyl (C=O) groups excluding carboxylic acids is 2. The summed E-state index contributed by atoms with van der Waals surface area (Å²) in [5.41, 5.74) is -0.645. The van der Waals surface area contributed by atoms with E-state index in [1.54, 1.807) is 33.8 Å². The van der Waals surface area contributed by atoms with Crippen LogP contribution in [-0.4, -0.2) is 53.3 Å². The Morgan fingerprint density at radius 2 is 2.05 bits per heavy atom. The van der Waals surface area contributed by atoms with Gasteiger partial charge in [-0.05, 0) is 34.1 Å². The van der Waals surface area contributed by atoms with Crippen molar-refractivity contribution in [2.45, 2.75) is 45.8 Å². The van der Waals surface area contributed by atoms with E-state index in [9.17, 15) is 14.7 Å². The van der Waals surface area contributed by atoms with Crippen molar-refractivity contribution in [3.63, 3.8) is 0 Å². The van der Waals surface area contributed by atoms with Crippen molar-refractivity contribution in [3.8, 4) is 0 Å². The molecule has 0 aliphatic rings. The van der Waals surface area contributed by atoms with Gasteiger partial charge in [-0.2, -0.15) is 0 Å². The number of nitrogens with zero attached hydrogens (tertiary/aromatic N) is 1. The molecule has 0 aromatic heterocycles. The Hall–Kier alpha value is -1.56. The Morgan fingerprint density at radius 1 is 1.45 bits per heavy atom. The number of carbonyl (C=O) groups is 2. The van der Waals surface area contributed by atoms with Gasteiger partial charge in [0.2, 0.25) is 5.91 Å². The maximum absolute atomic E-state index is 12.0. The standard InChI is InChI=1S/C14H26N2O4/c1-6-7-8-15-12(18)10-16(9-11(2)17)13(19)20-14(3,4)5/h6,11,17H,1,7-10H2,2-5H3,(H,15,18)/t11-/m1/s1. The molecule has 0 fully saturated rings. The Morgan fingerprint density at radius 3 is 2.50 bits per heavy atom. The fourth-order valence-electron chi connectivity index (χ4n) is 1.39. The lowest BCUT2D eigenvalue weighted by Crippen LogP contribution is -2.45. The minimum Gasteiger partial charge on any atom is -0.444 e. The first kappa shape index (κ1) is 18.4. The second-order valence-corrected chi connectivity index (χ2v) is 5.64. The molecule has 0 saturated carbocycles. The number of amides is 2. The topological polar surface area (TPSA) is 78.9 Å². The van der Waals surface area contributed by atoms with Crippen molar-refractivity contribution in [2.24, 2.45) is 0 Å². The van der Waals surface area contributed by atoms with Gasteiger partial charge in [0.1, 0.15) is 12.1 Å². The molecule has 0 radical (unpaired) electrons. The highest BCUT2D eigenvalue weighted by molar-refractivity contribution is 5.82. The van der Waals surface area contributed by atoms with Gasteiger partial charge in [0.05, 0.1) is 12.6 Å². The molecule has 0 saturated heterocycles. The molecule has 0 spiro atoms. The third-order valence-electron chi connectivity index (χ3n) is 2.14. The van der Waals surface area contributed by atoms with Crippen LogP contribution < -0.4 is 5.32 Å². The second-order valence-electron chi connectivity index (χ2n) is 5.64. The van der Waals surface area contributed by atoms with Crippen molar-refractivity contribution in [1.29, 1.82) is 0 Å². The van der Waals surface area contributed by atoms with Gasteiger partial charge in [-0.25, -0.2) is 4.79 Å². The Bertz CT molecular complexity index is 335. The normalized spacial score (nSPS) is 12.4. The van der Waals surface area contributed by atoms with Crippen LogP contribution in [-0.2, 0) is 9.53 Å². The summed E-state index contributed by atoms with van der Waals surface area (Å²) in [6, 6.07) is 0. The van der Waals surface area contributed by atoms with Gasteiger partial charge in [0.25, 0.3) is 0 Å². The summed E-state index contributed by atoms with van der Waals surface area (Å²) in [7, 11) is 0. The van der Waals surface area contributed by atoms with Gasteiger partial charge in [-0.1, -0.05) is 6.08 Å². The highest BCUT2D eigenvalue weighted by Gasteiger charge is 2.24. The van der Waals surface area contributed by atoms with Gasteiger partial charge >= 0.3 is 6.09 Å². The predicted octanol–water partition coefficient (Wildman–Crippen LogP) is 1.30. The maximum Gasteiger partial charge on any atom is 0.410 e. The fourth-order valence-corrected chi connectivity index (χ4v) is 1.39. The number of nitrogens with one attached hydrogen (secondary N) is 1. The smallest absolute Gasteiger partial charge is 0.410 e. The Labute approximate surface area is 120 Å². The molecule has 0 aliphatic heterocycles. The molecule has 1 atom stereocenters. The van der Waals surface area contributed by atoms with E-state index in [1.807, 2.05) is 0 Å². The van der Waals surface area contributed by atoms with E-state index < -0.39 is 17.8 Å². The molecule has 6 nitrogen and oxygen atoms in total. The zero-order chi connectivity index (χ0) is 15.8. The van der Waals surface area contributed by atoms with Crippen molar-refractivity contribution in [2.75, 3.05) is 19.6 Å². The molecule has 0 unspecified atom stereocenters. The van der Waals surface area contributed by atoms with Gasteiger partial charge in [-0.3, -0.25) is 9.69 Å². The first-order valence-corrected chi connectivity index (χ1v) is 6.69. The summed E-state index contributed by atoms with van der Waals surface area (Å²) >= 11 is 0. The van der Waals surface area contributed by atoms with Crippen LogP contribution in [0.3, 0.4) is 0 Å². The summed E-state index contributed by atoms with van der Waals surface area (Å²) in [6.45, 7) is 10.7. The third-order valence-corrected chi connectivity index (χ3v) is 2.14. The van der Waals surface area contributed by atoms with Crippen LogP contribution in [0.25, 0.3) is 0 Å². The van der Waals surface area contributed by atoms with Crippen molar-refractivity contribution >= 4 is 12.0 Å². The molecular formula is C14H26N2O4. The second kappa shape index (κ2) is 8.58. The number of ether oxygens (including phenoxy) is 1. The number of aliphatic hydroxyl groups excluding tert-OH is 1.